The molecular formula is C11H22N2O2. The monoisotopic (exact) mass is 214 g/mol. The molecule has 15 heavy (non-hydrogen) atoms. The van der Waals surface area contributed by atoms with Crippen LogP contribution in [-0.2, 0) is 9.53 Å². The molecule has 4 heteroatoms. The second-order valence-corrected chi connectivity index (χ2v) is 4.46. The maximum absolute atomic E-state index is 11.4. The van der Waals surface area contributed by atoms with Crippen molar-refractivity contribution in [2.75, 3.05) is 20.2 Å². The molecule has 0 saturated carbocycles. The minimum Gasteiger partial charge on any atom is -0.468 e. The van der Waals surface area contributed by atoms with Gasteiger partial charge in [-0.1, -0.05) is 0 Å². The van der Waals surface area contributed by atoms with Crippen LogP contribution in [0.25, 0.3) is 0 Å². The molecule has 0 aromatic rings. The third kappa shape index (κ3) is 3.18. The third-order valence-electron chi connectivity index (χ3n) is 3.32. The van der Waals surface area contributed by atoms with Crippen LogP contribution in [0.3, 0.4) is 0 Å². The number of piperidine rings is 1. The first-order chi connectivity index (χ1) is 7.06. The Balaban J connectivity index is 2.52. The maximum Gasteiger partial charge on any atom is 0.322 e. The summed E-state index contributed by atoms with van der Waals surface area (Å²) in [5.74, 6) is 0.353. The molecule has 0 amide bonds. The predicted molar refractivity (Wildman–Crippen MR) is 59.4 cm³/mol. The highest BCUT2D eigenvalue weighted by atomic mass is 16.5. The Bertz CT molecular complexity index is 219. The van der Waals surface area contributed by atoms with E-state index in [0.29, 0.717) is 5.92 Å². The van der Waals surface area contributed by atoms with Gasteiger partial charge < -0.3 is 10.5 Å². The number of likely N-dealkylation sites (tertiary alicyclic amines) is 1. The van der Waals surface area contributed by atoms with Gasteiger partial charge in [0.15, 0.2) is 0 Å². The fraction of sp³-hybridized carbons (Fsp3) is 0.909. The summed E-state index contributed by atoms with van der Waals surface area (Å²) >= 11 is 0. The van der Waals surface area contributed by atoms with Gasteiger partial charge in [0, 0.05) is 12.6 Å². The fourth-order valence-corrected chi connectivity index (χ4v) is 2.14. The Hall–Kier alpha value is -0.610. The molecule has 1 saturated heterocycles. The topological polar surface area (TPSA) is 55.6 Å². The van der Waals surface area contributed by atoms with Gasteiger partial charge in [-0.2, -0.15) is 0 Å². The minimum atomic E-state index is -0.152. The Morgan fingerprint density at radius 2 is 2.20 bits per heavy atom. The molecule has 0 aromatic heterocycles. The molecular weight excluding hydrogens is 192 g/mol. The molecule has 88 valence electrons. The second kappa shape index (κ2) is 5.47. The van der Waals surface area contributed by atoms with Crippen LogP contribution >= 0.6 is 0 Å². The molecule has 1 rings (SSSR count). The molecule has 1 aliphatic heterocycles. The van der Waals surface area contributed by atoms with Crippen LogP contribution in [0.15, 0.2) is 0 Å². The van der Waals surface area contributed by atoms with Gasteiger partial charge in [0.1, 0.15) is 6.04 Å². The van der Waals surface area contributed by atoms with E-state index < -0.39 is 0 Å². The van der Waals surface area contributed by atoms with E-state index in [1.807, 2.05) is 13.8 Å². The summed E-state index contributed by atoms with van der Waals surface area (Å²) in [4.78, 5) is 13.6. The van der Waals surface area contributed by atoms with Gasteiger partial charge in [-0.25, -0.2) is 0 Å². The van der Waals surface area contributed by atoms with E-state index in [9.17, 15) is 4.79 Å². The summed E-state index contributed by atoms with van der Waals surface area (Å²) in [6, 6.07) is 0.0641. The number of ether oxygens (including phenoxy) is 1. The van der Waals surface area contributed by atoms with Crippen LogP contribution < -0.4 is 5.73 Å². The number of nitrogens with zero attached hydrogens (tertiary/aromatic N) is 1. The smallest absolute Gasteiger partial charge is 0.322 e. The summed E-state index contributed by atoms with van der Waals surface area (Å²) in [6.45, 7) is 5.82. The number of methoxy groups -OCH3 is 1. The van der Waals surface area contributed by atoms with E-state index in [4.69, 9.17) is 10.5 Å². The molecule has 1 aliphatic rings. The molecule has 2 N–H and O–H groups in total. The van der Waals surface area contributed by atoms with Crippen LogP contribution in [-0.4, -0.2) is 43.2 Å². The van der Waals surface area contributed by atoms with Crippen molar-refractivity contribution in [2.45, 2.75) is 38.8 Å². The number of rotatable bonds is 3. The highest BCUT2D eigenvalue weighted by Gasteiger charge is 2.29. The van der Waals surface area contributed by atoms with Crippen molar-refractivity contribution >= 4 is 5.97 Å². The first kappa shape index (κ1) is 12.5. The van der Waals surface area contributed by atoms with Gasteiger partial charge in [-0.05, 0) is 39.2 Å². The van der Waals surface area contributed by atoms with E-state index in [0.717, 1.165) is 19.5 Å². The normalized spacial score (nSPS) is 27.1. The summed E-state index contributed by atoms with van der Waals surface area (Å²) in [7, 11) is 1.44. The molecule has 3 unspecified atom stereocenters. The Labute approximate surface area is 91.8 Å². The lowest BCUT2D eigenvalue weighted by Crippen LogP contribution is -2.48. The maximum atomic E-state index is 11.4. The number of carbonyl (C=O) groups is 1. The standard InChI is InChI=1S/C11H22N2O2/c1-8(12)10-5-4-6-13(7-10)9(2)11(14)15-3/h8-10H,4-7,12H2,1-3H3. The molecule has 0 bridgehead atoms. The van der Waals surface area contributed by atoms with Crippen molar-refractivity contribution in [1.82, 2.24) is 4.90 Å². The number of carbonyl (C=O) groups excluding carboxylic acids is 1. The van der Waals surface area contributed by atoms with Crippen LogP contribution in [0.2, 0.25) is 0 Å². The summed E-state index contributed by atoms with van der Waals surface area (Å²) < 4.78 is 4.75. The molecule has 0 aromatic carbocycles. The minimum absolute atomic E-state index is 0.142. The fourth-order valence-electron chi connectivity index (χ4n) is 2.14. The van der Waals surface area contributed by atoms with Gasteiger partial charge in [-0.15, -0.1) is 0 Å². The Morgan fingerprint density at radius 1 is 1.53 bits per heavy atom. The van der Waals surface area contributed by atoms with Crippen LogP contribution in [0.4, 0.5) is 0 Å². The molecule has 4 nitrogen and oxygen atoms in total. The molecule has 0 spiro atoms. The van der Waals surface area contributed by atoms with Crippen LogP contribution in [0.1, 0.15) is 26.7 Å². The van der Waals surface area contributed by atoms with Gasteiger partial charge in [0.25, 0.3) is 0 Å². The van der Waals surface area contributed by atoms with Crippen molar-refractivity contribution in [2.24, 2.45) is 11.7 Å². The number of hydrogen-bond donors (Lipinski definition) is 1. The zero-order chi connectivity index (χ0) is 11.4. The summed E-state index contributed by atoms with van der Waals surface area (Å²) in [5.41, 5.74) is 5.90. The van der Waals surface area contributed by atoms with Crippen molar-refractivity contribution < 1.29 is 9.53 Å². The lowest BCUT2D eigenvalue weighted by molar-refractivity contribution is -0.147. The summed E-state index contributed by atoms with van der Waals surface area (Å²) in [6.07, 6.45) is 2.29. The number of nitrogens with two attached hydrogens (primary N) is 1. The van der Waals surface area contributed by atoms with E-state index in [-0.39, 0.29) is 18.1 Å². The largest absolute Gasteiger partial charge is 0.468 e. The molecule has 3 atom stereocenters. The average molecular weight is 214 g/mol. The van der Waals surface area contributed by atoms with Crippen LogP contribution in [0, 0.1) is 5.92 Å². The molecule has 1 fully saturated rings. The average Bonchev–Trinajstić information content (AvgIpc) is 2.27. The van der Waals surface area contributed by atoms with Gasteiger partial charge in [0.2, 0.25) is 0 Å². The molecule has 0 radical (unpaired) electrons. The van der Waals surface area contributed by atoms with E-state index in [1.54, 1.807) is 0 Å². The Kier molecular flexibility index (Phi) is 4.54. The van der Waals surface area contributed by atoms with Crippen LogP contribution in [0.5, 0.6) is 0 Å². The lowest BCUT2D eigenvalue weighted by atomic mass is 9.91. The van der Waals surface area contributed by atoms with Crippen molar-refractivity contribution in [3.63, 3.8) is 0 Å². The zero-order valence-electron chi connectivity index (χ0n) is 9.90. The number of hydrogen-bond acceptors (Lipinski definition) is 4. The van der Waals surface area contributed by atoms with E-state index in [1.165, 1.54) is 13.5 Å². The quantitative estimate of drug-likeness (QED) is 0.699. The van der Waals surface area contributed by atoms with Gasteiger partial charge in [-0.3, -0.25) is 9.69 Å². The second-order valence-electron chi connectivity index (χ2n) is 4.46. The van der Waals surface area contributed by atoms with Crippen molar-refractivity contribution in [3.05, 3.63) is 0 Å². The Morgan fingerprint density at radius 3 is 2.73 bits per heavy atom. The SMILES string of the molecule is COC(=O)C(C)N1CCCC(C(C)N)C1. The lowest BCUT2D eigenvalue weighted by Gasteiger charge is -2.37. The third-order valence-corrected chi connectivity index (χ3v) is 3.32. The molecule has 1 heterocycles. The molecule has 0 aliphatic carbocycles. The zero-order valence-corrected chi connectivity index (χ0v) is 9.90. The van der Waals surface area contributed by atoms with E-state index in [2.05, 4.69) is 4.90 Å². The highest BCUT2D eigenvalue weighted by Crippen LogP contribution is 2.20. The van der Waals surface area contributed by atoms with Gasteiger partial charge >= 0.3 is 5.97 Å². The van der Waals surface area contributed by atoms with Crippen molar-refractivity contribution in [1.29, 1.82) is 0 Å². The summed E-state index contributed by atoms with van der Waals surface area (Å²) in [5, 5.41) is 0. The van der Waals surface area contributed by atoms with E-state index >= 15 is 0 Å². The van der Waals surface area contributed by atoms with Crippen molar-refractivity contribution in [3.8, 4) is 0 Å². The first-order valence-electron chi connectivity index (χ1n) is 5.63. The van der Waals surface area contributed by atoms with Gasteiger partial charge in [0.05, 0.1) is 7.11 Å². The number of esters is 1. The predicted octanol–water partition coefficient (Wildman–Crippen LogP) is 0.607. The first-order valence-corrected chi connectivity index (χ1v) is 5.63. The highest BCUT2D eigenvalue weighted by molar-refractivity contribution is 5.75.